The van der Waals surface area contributed by atoms with Crippen molar-refractivity contribution in [3.63, 3.8) is 0 Å². The Bertz CT molecular complexity index is 5080. The number of aromatic hydroxyl groups is 1. The van der Waals surface area contributed by atoms with Gasteiger partial charge in [-0.3, -0.25) is 92.9 Å². The predicted molar refractivity (Wildman–Crippen MR) is 552 cm³/mol. The zero-order chi connectivity index (χ0) is 108. The molecule has 146 heavy (non-hydrogen) atoms. The molecule has 0 unspecified atom stereocenters. The van der Waals surface area contributed by atoms with Crippen LogP contribution in [0, 0.1) is 16.2 Å². The fourth-order valence-corrected chi connectivity index (χ4v) is 16.0. The van der Waals surface area contributed by atoms with E-state index >= 15 is 19.2 Å². The van der Waals surface area contributed by atoms with Crippen LogP contribution in [-0.2, 0) is 96.0 Å². The molecule has 50 heteroatoms. The van der Waals surface area contributed by atoms with Crippen LogP contribution in [0.1, 0.15) is 198 Å². The molecule has 16 amide bonds. The molecule has 3 aromatic carbocycles. The number of fused-ring (bicyclic) bond motifs is 2. The molecule has 0 spiro atoms. The topological polar surface area (TPSA) is 873 Å². The highest BCUT2D eigenvalue weighted by molar-refractivity contribution is 6.02. The molecule has 44 N–H and O–H groups in total. The van der Waals surface area contributed by atoms with Gasteiger partial charge in [0.15, 0.2) is 17.9 Å². The number of para-hydroxylation sites is 2. The lowest BCUT2D eigenvalue weighted by Crippen LogP contribution is -2.61. The van der Waals surface area contributed by atoms with Gasteiger partial charge in [-0.05, 0) is 255 Å². The first-order valence-corrected chi connectivity index (χ1v) is 49.9. The number of primary amides is 1. The molecule has 0 saturated carbocycles. The largest absolute Gasteiger partial charge is 0.508 e. The van der Waals surface area contributed by atoms with Crippen molar-refractivity contribution in [2.75, 3.05) is 58.9 Å². The third-order valence-electron chi connectivity index (χ3n) is 24.2. The first-order valence-electron chi connectivity index (χ1n) is 49.9. The van der Waals surface area contributed by atoms with E-state index in [0.29, 0.717) is 91.9 Å². The van der Waals surface area contributed by atoms with Crippen LogP contribution >= 0.6 is 0 Å². The Labute approximate surface area is 849 Å². The van der Waals surface area contributed by atoms with Crippen LogP contribution in [0.5, 0.6) is 5.75 Å². The van der Waals surface area contributed by atoms with Crippen LogP contribution in [-0.4, -0.2) is 277 Å². The van der Waals surface area contributed by atoms with E-state index in [4.69, 9.17) is 73.6 Å². The lowest BCUT2D eigenvalue weighted by molar-refractivity contribution is -0.136. The number of carbonyl (C=O) groups excluding carboxylic acids is 16. The number of hydrogen-bond donors (Lipinski definition) is 34. The maximum Gasteiger partial charge on any atom is 0.243 e. The number of aromatic nitrogens is 2. The molecule has 0 radical (unpaired) electrons. The summed E-state index contributed by atoms with van der Waals surface area (Å²) in [6.07, 6.45) is 6.76. The number of nitrogens with two attached hydrogens (primary N) is 10. The van der Waals surface area contributed by atoms with E-state index in [-0.39, 0.29) is 180 Å². The third kappa shape index (κ3) is 44.9. The number of benzene rings is 3. The molecular weight excluding hydrogens is 1890 g/mol. The number of aromatic amines is 2. The van der Waals surface area contributed by atoms with Gasteiger partial charge in [0.1, 0.15) is 96.4 Å². The van der Waals surface area contributed by atoms with Gasteiger partial charge < -0.3 is 168 Å². The van der Waals surface area contributed by atoms with Gasteiger partial charge in [0.05, 0.1) is 0 Å². The van der Waals surface area contributed by atoms with Gasteiger partial charge in [0, 0.05) is 80.0 Å². The second-order valence-electron chi connectivity index (χ2n) is 36.2. The zero-order valence-electron chi connectivity index (χ0n) is 84.0. The molecule has 5 rings (SSSR count). The number of H-pyrrole nitrogens is 2. The average Bonchev–Trinajstić information content (AvgIpc) is 1.69. The molecule has 0 aliphatic rings. The lowest BCUT2D eigenvalue weighted by Gasteiger charge is -2.28. The normalized spacial score (nSPS) is 14.2. The van der Waals surface area contributed by atoms with Gasteiger partial charge in [-0.25, -0.2) is 0 Å². The summed E-state index contributed by atoms with van der Waals surface area (Å²) < 4.78 is 0. The van der Waals surface area contributed by atoms with E-state index in [1.54, 1.807) is 36.7 Å². The maximum atomic E-state index is 15.2. The van der Waals surface area contributed by atoms with Gasteiger partial charge >= 0.3 is 0 Å². The zero-order valence-corrected chi connectivity index (χ0v) is 84.0. The molecule has 2 heterocycles. The van der Waals surface area contributed by atoms with Crippen LogP contribution in [0.2, 0.25) is 0 Å². The number of amides is 16. The van der Waals surface area contributed by atoms with Crippen molar-refractivity contribution in [3.05, 3.63) is 102 Å². The van der Waals surface area contributed by atoms with Crippen LogP contribution < -0.4 is 153 Å². The highest BCUT2D eigenvalue weighted by atomic mass is 16.3. The average molecular weight is 2050 g/mol. The molecule has 50 nitrogen and oxygen atoms in total. The number of rotatable bonds is 72. The van der Waals surface area contributed by atoms with Crippen molar-refractivity contribution in [1.82, 2.24) is 106 Å². The molecule has 0 fully saturated rings. The quantitative estimate of drug-likeness (QED) is 0.00983. The van der Waals surface area contributed by atoms with E-state index in [1.165, 1.54) is 52.0 Å². The predicted octanol–water partition coefficient (Wildman–Crippen LogP) is -5.22. The Morgan fingerprint density at radius 1 is 0.281 bits per heavy atom. The summed E-state index contributed by atoms with van der Waals surface area (Å²) in [6, 6.07) is -1.03. The summed E-state index contributed by atoms with van der Waals surface area (Å²) in [7, 11) is 0. The second kappa shape index (κ2) is 66.5. The van der Waals surface area contributed by atoms with E-state index in [2.05, 4.69) is 106 Å². The first kappa shape index (κ1) is 122. The minimum Gasteiger partial charge on any atom is -0.508 e. The van der Waals surface area contributed by atoms with Gasteiger partial charge in [0.25, 0.3) is 0 Å². The summed E-state index contributed by atoms with van der Waals surface area (Å²) in [5.74, 6) is -14.9. The van der Waals surface area contributed by atoms with E-state index in [9.17, 15) is 62.6 Å². The Kier molecular flexibility index (Phi) is 55.6. The monoisotopic (exact) mass is 2040 g/mol. The van der Waals surface area contributed by atoms with Crippen molar-refractivity contribution < 1.29 is 81.8 Å². The Balaban J connectivity index is 1.41. The first-order chi connectivity index (χ1) is 69.7. The summed E-state index contributed by atoms with van der Waals surface area (Å²) in [6.45, 7) is 6.58. The number of hydrogen-bond acceptors (Lipinski definition) is 26. The van der Waals surface area contributed by atoms with Crippen molar-refractivity contribution in [2.45, 2.75) is 292 Å². The SMILES string of the molecule is CC(=O)N[C@@H](CCCCN)C(=O)N[C@@H](CCCNC(=N)N)C(=O)N[C@@H](CCCCN)C(=O)N[C@@H](C)C(=O)N[C@@H](Cc1c[nH]c2ccccc12)C(=O)N[C@@H](CCCCN)C(=O)N[C@@H](CCCNC(=N)N)C(=O)N[C@@H](CCCCN)C(=O)N[C@@H](C)C(=O)N[C@@H](Cc1ccc(O)cc1)C(=O)N[C@@H](CCCCN)C(=O)N[C@@H](CCCNC(=N)N)C(=O)N[C@@H](CCCCN)C(=O)N[C@@H](C)C(=O)N[C@@H](Cc1c[nH]c2ccccc12)C(N)=O. The van der Waals surface area contributed by atoms with Crippen LogP contribution in [0.25, 0.3) is 21.8 Å². The van der Waals surface area contributed by atoms with Gasteiger partial charge in [-0.1, -0.05) is 48.5 Å². The molecule has 808 valence electrons. The molecule has 2 aromatic heterocycles. The number of unbranched alkanes of at least 4 members (excludes halogenated alkanes) is 6. The van der Waals surface area contributed by atoms with Crippen LogP contribution in [0.15, 0.2) is 85.2 Å². The molecule has 0 aliphatic carbocycles. The minimum absolute atomic E-state index is 0.00250. The molecule has 0 bridgehead atoms. The highest BCUT2D eigenvalue weighted by Gasteiger charge is 2.39. The summed E-state index contributed by atoms with van der Waals surface area (Å²) in [4.78, 5) is 236. The lowest BCUT2D eigenvalue weighted by atomic mass is 10.0. The number of phenols is 1. The minimum atomic E-state index is -1.58. The third-order valence-corrected chi connectivity index (χ3v) is 24.2. The summed E-state index contributed by atoms with van der Waals surface area (Å²) >= 11 is 0. The Hall–Kier alpha value is -14.4. The van der Waals surface area contributed by atoms with Crippen molar-refractivity contribution in [2.24, 2.45) is 57.3 Å². The van der Waals surface area contributed by atoms with Crippen molar-refractivity contribution >= 4 is 134 Å². The fraction of sp³-hybridized carbons (Fsp3) is 0.573. The number of guanidine groups is 3. The van der Waals surface area contributed by atoms with Gasteiger partial charge in [-0.2, -0.15) is 0 Å². The molecular formula is C96H157N33O17. The highest BCUT2D eigenvalue weighted by Crippen LogP contribution is 2.23. The van der Waals surface area contributed by atoms with Gasteiger partial charge in [-0.15, -0.1) is 0 Å². The molecule has 0 saturated heterocycles. The standard InChI is InChI=1S/C96H157N33O17/c1-55(80(133)127-76(79(103)132)51-60-53-113-65-26-7-5-24-63(60)65)115-83(136)68(29-10-16-42-98)120-90(143)74(35-22-48-111-95(106)107)123-87(140)71(32-13-19-45-101)125-92(145)77(50-59-37-39-62(131)40-38-59)128-81(134)56(2)116-84(137)69(30-11-17-43-99)121-91(144)75(36-23-49-112-96(108)109)124-88(141)72(33-14-20-46-102)126-93(146)78(52-61-54-114-66-27-8-6-25-64(61)66)129-82(135)57(3)117-85(138)70(31-12-18-44-100)119-89(142)73(34-21-47-110-94(104)105)122-86(139)67(118-58(4)130)28-9-15-41-97/h5-8,24-27,37-40,53-57,67-78,113-114,131H,9-23,28-36,41-52,97-102H2,1-4H3,(H2,103,132)(H,115,136)(H,116,137)(H,117,138)(H,118,130)(H,119,142)(H,120,143)(H,121,144)(H,122,139)(H,123,140)(H,124,141)(H,125,145)(H,126,146)(H,127,133)(H,128,134)(H,129,135)(H4,104,105,110)(H4,106,107,111)(H4,108,109,112)/t55-,56-,57-,67-,68-,69-,70-,71-,72-,73-,74-,75-,76-,77-,78-/m0/s1. The van der Waals surface area contributed by atoms with Crippen molar-refractivity contribution in [3.8, 4) is 5.75 Å². The van der Waals surface area contributed by atoms with Gasteiger partial charge in [0.2, 0.25) is 94.5 Å². The Morgan fingerprint density at radius 3 is 0.767 bits per heavy atom. The number of carbonyl (C=O) groups is 16. The second-order valence-corrected chi connectivity index (χ2v) is 36.2. The van der Waals surface area contributed by atoms with Crippen LogP contribution in [0.4, 0.5) is 0 Å². The summed E-state index contributed by atoms with van der Waals surface area (Å²) in [5.41, 5.74) is 60.9. The molecule has 5 aromatic rings. The van der Waals surface area contributed by atoms with E-state index in [0.717, 1.165) is 10.9 Å². The van der Waals surface area contributed by atoms with Crippen molar-refractivity contribution in [1.29, 1.82) is 16.2 Å². The Morgan fingerprint density at radius 2 is 0.507 bits per heavy atom. The van der Waals surface area contributed by atoms with Crippen LogP contribution in [0.3, 0.4) is 0 Å². The molecule has 0 aliphatic heterocycles. The van der Waals surface area contributed by atoms with E-state index < -0.39 is 197 Å². The van der Waals surface area contributed by atoms with E-state index in [1.807, 2.05) is 24.3 Å². The fourth-order valence-electron chi connectivity index (χ4n) is 16.0. The smallest absolute Gasteiger partial charge is 0.243 e. The number of nitrogens with one attached hydrogen (secondary N) is 23. The maximum absolute atomic E-state index is 15.2. The number of phenolic OH excluding ortho intramolecular Hbond substituents is 1. The summed E-state index contributed by atoms with van der Waals surface area (Å²) in [5, 5.41) is 83.3. The molecule has 15 atom stereocenters.